The van der Waals surface area contributed by atoms with Crippen LogP contribution in [-0.4, -0.2) is 239 Å². The normalized spacial score (nSPS) is 31.7. The molecule has 17 atom stereocenters. The summed E-state index contributed by atoms with van der Waals surface area (Å²) in [7, 11) is 0. The first-order valence-corrected chi connectivity index (χ1v) is 23.1. The number of aliphatic hydroxyl groups is 9. The van der Waals surface area contributed by atoms with Crippen molar-refractivity contribution >= 4 is 47.6 Å². The van der Waals surface area contributed by atoms with Gasteiger partial charge in [0, 0.05) is 6.54 Å². The maximum absolute atomic E-state index is 13.3. The number of ether oxygens (including phenoxy) is 4. The number of nitrogens with one attached hydrogen (secondary N) is 6. The van der Waals surface area contributed by atoms with Gasteiger partial charge in [-0.2, -0.15) is 0 Å². The van der Waals surface area contributed by atoms with Crippen molar-refractivity contribution in [3.8, 4) is 0 Å². The summed E-state index contributed by atoms with van der Waals surface area (Å²) in [5.41, 5.74) is -0.989. The van der Waals surface area contributed by atoms with E-state index >= 15 is 0 Å². The minimum atomic E-state index is -2.30. The number of unbranched alkanes of at least 4 members (excludes halogenated alkanes) is 5. The highest BCUT2D eigenvalue weighted by Crippen LogP contribution is 2.25. The Morgan fingerprint density at radius 2 is 0.873 bits per heavy atom. The van der Waals surface area contributed by atoms with Gasteiger partial charge < -0.3 is 107 Å². The average Bonchev–Trinajstić information content (AvgIpc) is 3.29. The van der Waals surface area contributed by atoms with Crippen LogP contribution in [0.1, 0.15) is 79.1 Å². The van der Waals surface area contributed by atoms with E-state index in [0.29, 0.717) is 6.42 Å². The summed E-state index contributed by atoms with van der Waals surface area (Å²) in [6.07, 6.45) is -20.8. The van der Waals surface area contributed by atoms with E-state index in [1.807, 2.05) is 10.6 Å². The number of amides is 6. The van der Waals surface area contributed by atoms with Crippen molar-refractivity contribution in [2.24, 2.45) is 0 Å². The van der Waals surface area contributed by atoms with Crippen LogP contribution in [0, 0.1) is 0 Å². The van der Waals surface area contributed by atoms with Crippen molar-refractivity contribution in [3.05, 3.63) is 0 Å². The lowest BCUT2D eigenvalue weighted by Crippen LogP contribution is -2.68. The molecule has 0 spiro atoms. The Labute approximate surface area is 406 Å². The molecule has 406 valence electrons. The van der Waals surface area contributed by atoms with Crippen LogP contribution in [0.25, 0.3) is 0 Å². The number of aliphatic hydroxyl groups excluding tert-OH is 9. The number of carboxylic acids is 2. The summed E-state index contributed by atoms with van der Waals surface area (Å²) in [6.45, 7) is 4.03. The van der Waals surface area contributed by atoms with Crippen LogP contribution < -0.4 is 31.9 Å². The molecule has 3 rings (SSSR count). The Kier molecular flexibility index (Phi) is 23.6. The van der Waals surface area contributed by atoms with E-state index in [2.05, 4.69) is 28.2 Å². The molecule has 0 saturated carbocycles. The van der Waals surface area contributed by atoms with Crippen LogP contribution >= 0.6 is 0 Å². The second-order valence-electron chi connectivity index (χ2n) is 18.4. The second kappa shape index (κ2) is 27.8. The summed E-state index contributed by atoms with van der Waals surface area (Å²) in [6, 6.07) is -9.15. The van der Waals surface area contributed by atoms with Crippen molar-refractivity contribution in [1.82, 2.24) is 31.9 Å². The number of carbonyl (C=O) groups is 8. The third-order valence-electron chi connectivity index (χ3n) is 11.7. The van der Waals surface area contributed by atoms with E-state index < -0.39 is 189 Å². The van der Waals surface area contributed by atoms with Crippen molar-refractivity contribution in [3.63, 3.8) is 0 Å². The molecular weight excluding hydrogens is 956 g/mol. The molecule has 0 radical (unpaired) electrons. The van der Waals surface area contributed by atoms with Gasteiger partial charge in [0.05, 0.1) is 50.8 Å². The highest BCUT2D eigenvalue weighted by Gasteiger charge is 2.51. The highest BCUT2D eigenvalue weighted by molar-refractivity contribution is 5.92. The van der Waals surface area contributed by atoms with Crippen LogP contribution in [-0.2, 0) is 52.5 Å². The van der Waals surface area contributed by atoms with Gasteiger partial charge in [-0.05, 0) is 27.2 Å². The maximum atomic E-state index is 13.3. The molecule has 3 heterocycles. The monoisotopic (exact) mass is 1030 g/mol. The number of carbonyl (C=O) groups excluding carboxylic acids is 6. The SMILES string of the molecule is CCCCCCCCNC(=O)[C@@H]1O[C@H](CO)[C@@H](NC(=O)C[C@H](NC(=O)[C@@H]2O[C@H](CO)[C@@H](NC(=O)C[C@H](NC(=O)[C@@H]3O[C@H](CO)[C@@H](NC(=O)OC(C)(C)C)[C@H](O)[C@H]3O)C(=O)O)[C@H](O)[C@H]2O)C(=O)O)[C@H](O)[C@H]1O. The first-order chi connectivity index (χ1) is 33.3. The molecule has 29 nitrogen and oxygen atoms in total. The maximum Gasteiger partial charge on any atom is 0.408 e. The summed E-state index contributed by atoms with van der Waals surface area (Å²) in [4.78, 5) is 102. The molecule has 6 amide bonds. The first-order valence-electron chi connectivity index (χ1n) is 23.1. The van der Waals surface area contributed by atoms with Crippen LogP contribution in [0.4, 0.5) is 4.79 Å². The summed E-state index contributed by atoms with van der Waals surface area (Å²) < 4.78 is 21.4. The molecular formula is C42H70N6O23. The minimum Gasteiger partial charge on any atom is -0.480 e. The van der Waals surface area contributed by atoms with E-state index in [1.54, 1.807) is 0 Å². The zero-order chi connectivity index (χ0) is 53.5. The lowest BCUT2D eigenvalue weighted by atomic mass is 9.91. The van der Waals surface area contributed by atoms with Gasteiger partial charge in [-0.25, -0.2) is 14.4 Å². The largest absolute Gasteiger partial charge is 0.480 e. The van der Waals surface area contributed by atoms with E-state index in [0.717, 1.165) is 32.1 Å². The average molecular weight is 1030 g/mol. The predicted octanol–water partition coefficient (Wildman–Crippen LogP) is -7.31. The third-order valence-corrected chi connectivity index (χ3v) is 11.7. The summed E-state index contributed by atoms with van der Waals surface area (Å²) >= 11 is 0. The second-order valence-corrected chi connectivity index (χ2v) is 18.4. The fraction of sp³-hybridized carbons (Fsp3) is 0.810. The van der Waals surface area contributed by atoms with E-state index in [-0.39, 0.29) is 6.54 Å². The van der Waals surface area contributed by atoms with Crippen LogP contribution in [0.15, 0.2) is 0 Å². The van der Waals surface area contributed by atoms with Gasteiger partial charge in [0.15, 0.2) is 18.3 Å². The van der Waals surface area contributed by atoms with Gasteiger partial charge >= 0.3 is 18.0 Å². The van der Waals surface area contributed by atoms with Gasteiger partial charge in [0.2, 0.25) is 11.8 Å². The molecule has 0 aromatic heterocycles. The first kappa shape index (κ1) is 60.4. The van der Waals surface area contributed by atoms with Gasteiger partial charge in [-0.15, -0.1) is 0 Å². The Morgan fingerprint density at radius 3 is 1.23 bits per heavy atom. The molecule has 0 unspecified atom stereocenters. The minimum absolute atomic E-state index is 0.243. The van der Waals surface area contributed by atoms with Crippen LogP contribution in [0.5, 0.6) is 0 Å². The van der Waals surface area contributed by atoms with Crippen LogP contribution in [0.3, 0.4) is 0 Å². The molecule has 0 bridgehead atoms. The van der Waals surface area contributed by atoms with E-state index in [4.69, 9.17) is 18.9 Å². The summed E-state index contributed by atoms with van der Waals surface area (Å²) in [5.74, 6) is -9.76. The van der Waals surface area contributed by atoms with Crippen molar-refractivity contribution in [2.45, 2.75) is 188 Å². The molecule has 29 heteroatoms. The molecule has 0 aromatic carbocycles. The lowest BCUT2D eigenvalue weighted by molar-refractivity contribution is -0.198. The van der Waals surface area contributed by atoms with Gasteiger partial charge in [-0.3, -0.25) is 24.0 Å². The molecule has 3 aliphatic heterocycles. The predicted molar refractivity (Wildman–Crippen MR) is 235 cm³/mol. The molecule has 3 fully saturated rings. The Bertz CT molecular complexity index is 1820. The standard InChI is InChI=1S/C42H70N6O23/c1-5-6-7-8-9-10-11-43-36(60)33-30(57)27(54)24(19(14-49)68-33)46-22(52)12-17(39(63)64)44-37(61)34-31(58)28(55)25(20(15-50)69-34)47-23(53)13-18(40(65)66)45-38(62)35-32(59)29(56)26(21(16-51)70-35)48-41(67)71-42(2,3)4/h17-21,24-35,49-51,54-59H,5-16H2,1-4H3,(H,43,60)(H,44,61)(H,45,62)(H,46,52)(H,47,53)(H,48,67)(H,63,64)(H,65,66)/t17-,18-,19+,20+,21+,24+,25+,26+,27-,28-,29-,30+,31+,32+,33+,34+,35+/m0/s1. The van der Waals surface area contributed by atoms with E-state index in [1.165, 1.54) is 20.8 Å². The zero-order valence-electron chi connectivity index (χ0n) is 39.6. The summed E-state index contributed by atoms with van der Waals surface area (Å²) in [5, 5.41) is 127. The number of rotatable bonds is 24. The molecule has 3 aliphatic rings. The molecule has 0 aliphatic carbocycles. The molecule has 17 N–H and O–H groups in total. The highest BCUT2D eigenvalue weighted by atomic mass is 16.6. The fourth-order valence-electron chi connectivity index (χ4n) is 7.98. The van der Waals surface area contributed by atoms with E-state index in [9.17, 15) is 94.5 Å². The van der Waals surface area contributed by atoms with Crippen LogP contribution in [0.2, 0.25) is 0 Å². The number of aliphatic carboxylic acids is 2. The quantitative estimate of drug-likeness (QED) is 0.0399. The number of hydrogen-bond donors (Lipinski definition) is 17. The topological polar surface area (TPSA) is 468 Å². The van der Waals surface area contributed by atoms with Crippen molar-refractivity contribution in [1.29, 1.82) is 0 Å². The number of carboxylic acid groups (broad SMARTS) is 2. The van der Waals surface area contributed by atoms with Gasteiger partial charge in [-0.1, -0.05) is 39.0 Å². The Morgan fingerprint density at radius 1 is 0.521 bits per heavy atom. The Hall–Kier alpha value is -4.92. The molecule has 0 aromatic rings. The molecule has 71 heavy (non-hydrogen) atoms. The lowest BCUT2D eigenvalue weighted by Gasteiger charge is -2.42. The van der Waals surface area contributed by atoms with Gasteiger partial charge in [0.1, 0.15) is 72.6 Å². The smallest absolute Gasteiger partial charge is 0.408 e. The number of hydrogen-bond acceptors (Lipinski definition) is 21. The number of alkyl carbamates (subject to hydrolysis) is 1. The van der Waals surface area contributed by atoms with Gasteiger partial charge in [0.25, 0.3) is 17.7 Å². The fourth-order valence-corrected chi connectivity index (χ4v) is 7.98. The van der Waals surface area contributed by atoms with Crippen molar-refractivity contribution in [2.75, 3.05) is 26.4 Å². The van der Waals surface area contributed by atoms with Crippen molar-refractivity contribution < 1.29 is 113 Å². The molecule has 3 saturated heterocycles. The zero-order valence-corrected chi connectivity index (χ0v) is 39.6. The third kappa shape index (κ3) is 17.1. The Balaban J connectivity index is 1.60.